The number of hydrogen-bond donors (Lipinski definition) is 2. The van der Waals surface area contributed by atoms with Gasteiger partial charge in [0, 0.05) is 34.9 Å². The number of carbonyl (C=O) groups excluding carboxylic acids is 1. The quantitative estimate of drug-likeness (QED) is 0.548. The highest BCUT2D eigenvalue weighted by Crippen LogP contribution is 2.20. The lowest BCUT2D eigenvalue weighted by molar-refractivity contribution is -0.145. The molecule has 0 bridgehead atoms. The molecule has 0 fully saturated rings. The number of carbonyl (C=O) groups is 2. The monoisotopic (exact) mass is 441 g/mol. The fraction of sp³-hybridized carbons (Fsp3) is 0.450. The van der Waals surface area contributed by atoms with Crippen LogP contribution in [0, 0.1) is 5.92 Å². The average molecular weight is 442 g/mol. The van der Waals surface area contributed by atoms with Gasteiger partial charge >= 0.3 is 11.9 Å². The average Bonchev–Trinajstić information content (AvgIpc) is 3.05. The summed E-state index contributed by atoms with van der Waals surface area (Å²) in [4.78, 5) is 28.1. The minimum absolute atomic E-state index is 0.153. The number of aromatic nitrogens is 2. The molecule has 0 aliphatic heterocycles. The van der Waals surface area contributed by atoms with E-state index in [0.717, 1.165) is 11.3 Å². The van der Waals surface area contributed by atoms with E-state index in [1.165, 1.54) is 7.11 Å². The number of rotatable bonds is 10. The van der Waals surface area contributed by atoms with Gasteiger partial charge in [-0.2, -0.15) is 0 Å². The molecule has 2 rings (SSSR count). The molecular weight excluding hydrogens is 417 g/mol. The number of benzene rings is 1. The van der Waals surface area contributed by atoms with E-state index in [4.69, 9.17) is 27.9 Å². The molecule has 7 nitrogen and oxygen atoms in total. The van der Waals surface area contributed by atoms with Gasteiger partial charge in [-0.15, -0.1) is 0 Å². The zero-order chi connectivity index (χ0) is 21.6. The molecule has 2 aromatic rings. The topological polar surface area (TPSA) is 93.5 Å². The van der Waals surface area contributed by atoms with Gasteiger partial charge in [0.2, 0.25) is 0 Å². The molecular formula is C20H25Cl2N3O4. The fourth-order valence-corrected chi connectivity index (χ4v) is 3.65. The molecule has 0 aliphatic carbocycles. The van der Waals surface area contributed by atoms with Crippen molar-refractivity contribution in [2.24, 2.45) is 5.92 Å². The van der Waals surface area contributed by atoms with Crippen molar-refractivity contribution in [3.63, 3.8) is 0 Å². The van der Waals surface area contributed by atoms with Gasteiger partial charge in [0.25, 0.3) is 0 Å². The number of halogens is 2. The van der Waals surface area contributed by atoms with Crippen LogP contribution in [0.4, 0.5) is 0 Å². The summed E-state index contributed by atoms with van der Waals surface area (Å²) in [5.41, 5.74) is 1.63. The van der Waals surface area contributed by atoms with Crippen molar-refractivity contribution >= 4 is 35.1 Å². The van der Waals surface area contributed by atoms with Crippen LogP contribution < -0.4 is 5.32 Å². The predicted octanol–water partition coefficient (Wildman–Crippen LogP) is 3.41. The molecule has 0 spiro atoms. The molecule has 1 heterocycles. The van der Waals surface area contributed by atoms with Gasteiger partial charge < -0.3 is 14.4 Å². The second-order valence-electron chi connectivity index (χ2n) is 7.26. The summed E-state index contributed by atoms with van der Waals surface area (Å²) in [6.07, 6.45) is 3.90. The molecule has 29 heavy (non-hydrogen) atoms. The molecule has 1 aromatic carbocycles. The summed E-state index contributed by atoms with van der Waals surface area (Å²) in [6, 6.07) is 3.58. The third-order valence-corrected chi connectivity index (χ3v) is 4.82. The first kappa shape index (κ1) is 23.2. The summed E-state index contributed by atoms with van der Waals surface area (Å²) < 4.78 is 6.74. The largest absolute Gasteiger partial charge is 0.480 e. The summed E-state index contributed by atoms with van der Waals surface area (Å²) in [6.45, 7) is 4.31. The Balaban J connectivity index is 2.20. The lowest BCUT2D eigenvalue weighted by Gasteiger charge is -2.23. The number of esters is 1. The van der Waals surface area contributed by atoms with Crippen molar-refractivity contribution in [1.29, 1.82) is 0 Å². The van der Waals surface area contributed by atoms with Crippen molar-refractivity contribution in [3.8, 4) is 0 Å². The van der Waals surface area contributed by atoms with Crippen LogP contribution in [0.2, 0.25) is 10.0 Å². The third-order valence-electron chi connectivity index (χ3n) is 4.38. The third kappa shape index (κ3) is 7.03. The van der Waals surface area contributed by atoms with Crippen molar-refractivity contribution in [1.82, 2.24) is 14.9 Å². The number of ether oxygens (including phenoxy) is 1. The Morgan fingerprint density at radius 3 is 2.41 bits per heavy atom. The summed E-state index contributed by atoms with van der Waals surface area (Å²) in [7, 11) is 1.28. The van der Waals surface area contributed by atoms with Crippen LogP contribution in [0.25, 0.3) is 0 Å². The molecule has 0 radical (unpaired) electrons. The summed E-state index contributed by atoms with van der Waals surface area (Å²) in [5, 5.41) is 13.5. The predicted molar refractivity (Wildman–Crippen MR) is 111 cm³/mol. The van der Waals surface area contributed by atoms with Crippen LogP contribution in [0.15, 0.2) is 30.7 Å². The highest BCUT2D eigenvalue weighted by atomic mass is 35.5. The van der Waals surface area contributed by atoms with Gasteiger partial charge in [0.15, 0.2) is 0 Å². The van der Waals surface area contributed by atoms with Crippen LogP contribution in [0.3, 0.4) is 0 Å². The van der Waals surface area contributed by atoms with E-state index in [1.807, 2.05) is 18.4 Å². The SMILES string of the molecule is COC(=O)[C@H](Cc1cncn1Cc1cc(Cl)cc(Cl)c1)N[C@@H](CC(C)C)C(=O)O. The second kappa shape index (κ2) is 10.6. The molecule has 2 N–H and O–H groups in total. The first-order valence-electron chi connectivity index (χ1n) is 9.20. The number of aliphatic carboxylic acids is 1. The molecule has 2 atom stereocenters. The van der Waals surface area contributed by atoms with E-state index in [0.29, 0.717) is 23.0 Å². The highest BCUT2D eigenvalue weighted by Gasteiger charge is 2.28. The Morgan fingerprint density at radius 1 is 1.21 bits per heavy atom. The maximum absolute atomic E-state index is 12.3. The molecule has 0 saturated heterocycles. The van der Waals surface area contributed by atoms with Gasteiger partial charge in [-0.3, -0.25) is 14.9 Å². The van der Waals surface area contributed by atoms with Crippen molar-refractivity contribution in [2.45, 2.75) is 45.3 Å². The first-order chi connectivity index (χ1) is 13.7. The maximum atomic E-state index is 12.3. The van der Waals surface area contributed by atoms with Crippen LogP contribution in [0.1, 0.15) is 31.5 Å². The van der Waals surface area contributed by atoms with E-state index < -0.39 is 24.0 Å². The van der Waals surface area contributed by atoms with Crippen LogP contribution in [0.5, 0.6) is 0 Å². The number of hydrogen-bond acceptors (Lipinski definition) is 5. The summed E-state index contributed by atoms with van der Waals surface area (Å²) >= 11 is 12.1. The molecule has 0 unspecified atom stereocenters. The van der Waals surface area contributed by atoms with E-state index in [-0.39, 0.29) is 12.3 Å². The number of carboxylic acid groups (broad SMARTS) is 1. The number of nitrogens with zero attached hydrogens (tertiary/aromatic N) is 2. The molecule has 0 aliphatic rings. The molecule has 9 heteroatoms. The Labute approximate surface area is 180 Å². The zero-order valence-electron chi connectivity index (χ0n) is 16.6. The number of methoxy groups -OCH3 is 1. The lowest BCUT2D eigenvalue weighted by Crippen LogP contribution is -2.49. The van der Waals surface area contributed by atoms with Gasteiger partial charge in [-0.1, -0.05) is 37.0 Å². The van der Waals surface area contributed by atoms with E-state index >= 15 is 0 Å². The van der Waals surface area contributed by atoms with Gasteiger partial charge in [-0.25, -0.2) is 4.98 Å². The standard InChI is InChI=1S/C20H25Cl2N3O4/c1-12(2)4-17(19(26)27)24-18(20(28)29-3)8-16-9-23-11-25(16)10-13-5-14(21)7-15(22)6-13/h5-7,9,11-12,17-18,24H,4,8,10H2,1-3H3,(H,26,27)/t17-,18-/m0/s1. The Kier molecular flexibility index (Phi) is 8.49. The van der Waals surface area contributed by atoms with E-state index in [1.54, 1.807) is 30.7 Å². The lowest BCUT2D eigenvalue weighted by atomic mass is 10.0. The maximum Gasteiger partial charge on any atom is 0.323 e. The zero-order valence-corrected chi connectivity index (χ0v) is 18.1. The van der Waals surface area contributed by atoms with Crippen LogP contribution in [-0.2, 0) is 27.3 Å². The first-order valence-corrected chi connectivity index (χ1v) is 9.95. The van der Waals surface area contributed by atoms with Gasteiger partial charge in [-0.05, 0) is 36.1 Å². The Morgan fingerprint density at radius 2 is 1.86 bits per heavy atom. The Hall–Kier alpha value is -2.09. The van der Waals surface area contributed by atoms with Gasteiger partial charge in [0.05, 0.1) is 13.4 Å². The number of imidazole rings is 1. The van der Waals surface area contributed by atoms with Crippen LogP contribution in [-0.4, -0.2) is 45.8 Å². The van der Waals surface area contributed by atoms with E-state index in [9.17, 15) is 14.7 Å². The highest BCUT2D eigenvalue weighted by molar-refractivity contribution is 6.34. The molecule has 0 amide bonds. The second-order valence-corrected chi connectivity index (χ2v) is 8.13. The van der Waals surface area contributed by atoms with Crippen molar-refractivity contribution < 1.29 is 19.4 Å². The smallest absolute Gasteiger partial charge is 0.323 e. The van der Waals surface area contributed by atoms with Gasteiger partial charge in [0.1, 0.15) is 12.1 Å². The summed E-state index contributed by atoms with van der Waals surface area (Å²) in [5.74, 6) is -1.38. The number of nitrogens with one attached hydrogen (secondary N) is 1. The minimum atomic E-state index is -1.00. The molecule has 158 valence electrons. The normalized spacial score (nSPS) is 13.3. The van der Waals surface area contributed by atoms with Crippen LogP contribution >= 0.6 is 23.2 Å². The van der Waals surface area contributed by atoms with E-state index in [2.05, 4.69) is 10.3 Å². The van der Waals surface area contributed by atoms with Crippen molar-refractivity contribution in [2.75, 3.05) is 7.11 Å². The molecule has 1 aromatic heterocycles. The number of carboxylic acids is 1. The fourth-order valence-electron chi connectivity index (χ4n) is 3.08. The Bertz CT molecular complexity index is 834. The minimum Gasteiger partial charge on any atom is -0.480 e. The molecule has 0 saturated carbocycles. The van der Waals surface area contributed by atoms with Crippen molar-refractivity contribution in [3.05, 3.63) is 52.0 Å².